The maximum atomic E-state index is 12.8. The number of rotatable bonds is 10. The Bertz CT molecular complexity index is 1470. The molecule has 2 atom stereocenters. The molecule has 39 heavy (non-hydrogen) atoms. The number of fused-ring (bicyclic) bond motifs is 1. The molecule has 17 nitrogen and oxygen atoms in total. The number of pyridine rings is 1. The number of oxime groups is 2. The number of amides is 2. The van der Waals surface area contributed by atoms with E-state index in [1.807, 2.05) is 0 Å². The van der Waals surface area contributed by atoms with Gasteiger partial charge in [0.1, 0.15) is 22.8 Å². The van der Waals surface area contributed by atoms with E-state index in [4.69, 9.17) is 10.6 Å². The molecule has 0 unspecified atom stereocenters. The fraction of sp³-hybridized carbons (Fsp3) is 0.263. The highest BCUT2D eigenvalue weighted by atomic mass is 32.2. The molecular formula is C19H17FN8O9S2. The molecule has 20 heteroatoms. The largest absolute Gasteiger partial charge is 0.503 e. The number of thioether (sulfide) groups is 1. The number of carbonyl (C=O) groups is 3. The quantitative estimate of drug-likeness (QED) is 0.0956. The van der Waals surface area contributed by atoms with E-state index in [-0.39, 0.29) is 28.0 Å². The van der Waals surface area contributed by atoms with Gasteiger partial charge in [-0.15, -0.1) is 11.8 Å². The molecule has 0 bridgehead atoms. The van der Waals surface area contributed by atoms with E-state index in [0.717, 1.165) is 46.7 Å². The zero-order chi connectivity index (χ0) is 28.3. The van der Waals surface area contributed by atoms with Gasteiger partial charge in [0.2, 0.25) is 17.0 Å². The van der Waals surface area contributed by atoms with Gasteiger partial charge in [0.05, 0.1) is 12.4 Å². The van der Waals surface area contributed by atoms with Crippen molar-refractivity contribution in [2.45, 2.75) is 18.0 Å². The van der Waals surface area contributed by atoms with E-state index in [2.05, 4.69) is 29.8 Å². The lowest BCUT2D eigenvalue weighted by Gasteiger charge is -2.49. The minimum Gasteiger partial charge on any atom is -0.503 e. The fourth-order valence-corrected chi connectivity index (χ4v) is 5.15. The fourth-order valence-electron chi connectivity index (χ4n) is 3.42. The summed E-state index contributed by atoms with van der Waals surface area (Å²) in [5, 5.41) is 37.3. The number of carboxylic acid groups (broad SMARTS) is 1. The zero-order valence-corrected chi connectivity index (χ0v) is 20.9. The number of nitrogens with one attached hydrogen (secondary N) is 1. The van der Waals surface area contributed by atoms with Gasteiger partial charge in [-0.2, -0.15) is 14.1 Å². The van der Waals surface area contributed by atoms with Gasteiger partial charge < -0.3 is 36.1 Å². The van der Waals surface area contributed by atoms with E-state index in [1.165, 1.54) is 0 Å². The third kappa shape index (κ3) is 5.60. The van der Waals surface area contributed by atoms with Gasteiger partial charge in [0, 0.05) is 28.9 Å². The Labute approximate surface area is 224 Å². The van der Waals surface area contributed by atoms with Crippen molar-refractivity contribution in [3.8, 4) is 5.75 Å². The maximum Gasteiger partial charge on any atom is 0.353 e. The first-order valence-electron chi connectivity index (χ1n) is 10.5. The van der Waals surface area contributed by atoms with E-state index < -0.39 is 65.3 Å². The van der Waals surface area contributed by atoms with Crippen LogP contribution in [-0.4, -0.2) is 88.1 Å². The molecule has 206 valence electrons. The predicted octanol–water partition coefficient (Wildman–Crippen LogP) is -1.19. The number of β-lactam (4-membered cyclic amide) rings is 1. The number of hydrogen-bond donors (Lipinski definition) is 5. The van der Waals surface area contributed by atoms with Crippen LogP contribution in [0.1, 0.15) is 11.5 Å². The summed E-state index contributed by atoms with van der Waals surface area (Å²) in [6.45, 7) is -1.75. The molecule has 0 aliphatic carbocycles. The lowest BCUT2D eigenvalue weighted by atomic mass is 10.0. The van der Waals surface area contributed by atoms with Crippen molar-refractivity contribution in [1.29, 1.82) is 0 Å². The normalized spacial score (nSPS) is 19.1. The number of halogens is 1. The highest BCUT2D eigenvalue weighted by molar-refractivity contribution is 8.00. The van der Waals surface area contributed by atoms with Crippen molar-refractivity contribution in [1.82, 2.24) is 24.3 Å². The van der Waals surface area contributed by atoms with Crippen LogP contribution in [0.2, 0.25) is 0 Å². The minimum absolute atomic E-state index is 0.00247. The molecule has 2 aromatic rings. The van der Waals surface area contributed by atoms with Crippen LogP contribution in [0.4, 0.5) is 9.52 Å². The zero-order valence-electron chi connectivity index (χ0n) is 19.3. The van der Waals surface area contributed by atoms with Crippen LogP contribution in [0.25, 0.3) is 0 Å². The van der Waals surface area contributed by atoms with E-state index >= 15 is 0 Å². The van der Waals surface area contributed by atoms with Crippen LogP contribution in [0.5, 0.6) is 5.75 Å². The molecule has 2 aliphatic rings. The second kappa shape index (κ2) is 11.3. The van der Waals surface area contributed by atoms with Gasteiger partial charge in [0.15, 0.2) is 17.5 Å². The molecule has 2 amide bonds. The van der Waals surface area contributed by atoms with Crippen LogP contribution < -0.4 is 16.5 Å². The molecule has 0 radical (unpaired) electrons. The lowest BCUT2D eigenvalue weighted by molar-refractivity contribution is -0.150. The van der Waals surface area contributed by atoms with Crippen molar-refractivity contribution in [2.24, 2.45) is 10.3 Å². The van der Waals surface area contributed by atoms with Gasteiger partial charge in [-0.05, 0) is 0 Å². The van der Waals surface area contributed by atoms with Gasteiger partial charge in [-0.25, -0.2) is 9.18 Å². The smallest absolute Gasteiger partial charge is 0.353 e. The van der Waals surface area contributed by atoms with E-state index in [0.29, 0.717) is 4.73 Å². The number of nitrogens with zero attached hydrogens (tertiary/aromatic N) is 6. The number of nitrogens with two attached hydrogens (primary N) is 1. The molecule has 1 fully saturated rings. The second-order valence-corrected chi connectivity index (χ2v) is 9.43. The molecule has 0 spiro atoms. The Morgan fingerprint density at radius 2 is 2.13 bits per heavy atom. The van der Waals surface area contributed by atoms with Gasteiger partial charge in [-0.1, -0.05) is 10.3 Å². The minimum atomic E-state index is -1.44. The van der Waals surface area contributed by atoms with Crippen LogP contribution in [0.3, 0.4) is 0 Å². The number of aliphatic carboxylic acids is 1. The number of carboxylic acids is 1. The summed E-state index contributed by atoms with van der Waals surface area (Å²) in [4.78, 5) is 63.1. The van der Waals surface area contributed by atoms with Crippen LogP contribution >= 0.6 is 23.3 Å². The summed E-state index contributed by atoms with van der Waals surface area (Å²) < 4.78 is 16.7. The van der Waals surface area contributed by atoms with Crippen LogP contribution in [-0.2, 0) is 30.7 Å². The summed E-state index contributed by atoms with van der Waals surface area (Å²) in [6, 6.07) is -0.241. The van der Waals surface area contributed by atoms with Crippen molar-refractivity contribution < 1.29 is 43.9 Å². The number of alkyl halides is 1. The predicted molar refractivity (Wildman–Crippen MR) is 130 cm³/mol. The summed E-state index contributed by atoms with van der Waals surface area (Å²) in [7, 11) is 0. The highest BCUT2D eigenvalue weighted by Crippen LogP contribution is 2.40. The van der Waals surface area contributed by atoms with Crippen LogP contribution in [0.15, 0.2) is 38.6 Å². The van der Waals surface area contributed by atoms with E-state index in [1.54, 1.807) is 0 Å². The molecular weight excluding hydrogens is 567 g/mol. The summed E-state index contributed by atoms with van der Waals surface area (Å²) in [6.07, 6.45) is 1.83. The van der Waals surface area contributed by atoms with Crippen LogP contribution in [0, 0.1) is 0 Å². The van der Waals surface area contributed by atoms with Crippen molar-refractivity contribution in [2.75, 3.05) is 18.3 Å². The SMILES string of the molecule is Nc1nc(/C(=N/OCF)C(=O)N[C@@H]2C(=O)N3C(C(=O)O)=C(C=NOCc4cc(=O)c(O)cn4O)CS[C@H]23)ns1. The molecule has 4 heterocycles. The molecule has 2 aromatic heterocycles. The summed E-state index contributed by atoms with van der Waals surface area (Å²) >= 11 is 1.86. The van der Waals surface area contributed by atoms with Crippen molar-refractivity contribution in [3.63, 3.8) is 0 Å². The topological polar surface area (TPSA) is 244 Å². The summed E-state index contributed by atoms with van der Waals surface area (Å²) in [5.74, 6) is -4.05. The van der Waals surface area contributed by atoms with E-state index in [9.17, 15) is 39.0 Å². The number of anilines is 1. The standard InChI is InChI=1S/C19H17FN8O9S2/c20-6-37-25-11(14-24-19(21)39-26-14)15(31)23-12-16(32)28-13(18(33)34)7(5-38-17(12)28)2-22-36-4-8-1-9(29)10(30)3-27(8)35/h1-3,12,17,30,35H,4-6H2,(H,23,31)(H,33,34)(H2,21,24,26)/b22-2?,25-11-/t12-,17-/m1/s1. The first-order chi connectivity index (χ1) is 18.6. The first kappa shape index (κ1) is 27.3. The third-order valence-electron chi connectivity index (χ3n) is 5.14. The number of aromatic nitrogens is 3. The Balaban J connectivity index is 1.46. The Morgan fingerprint density at radius 1 is 1.36 bits per heavy atom. The first-order valence-corrected chi connectivity index (χ1v) is 12.3. The number of carbonyl (C=O) groups excluding carboxylic acids is 2. The van der Waals surface area contributed by atoms with Crippen molar-refractivity contribution in [3.05, 3.63) is 45.3 Å². The molecule has 0 saturated carbocycles. The third-order valence-corrected chi connectivity index (χ3v) is 6.99. The molecule has 0 aromatic carbocycles. The average molecular weight is 585 g/mol. The van der Waals surface area contributed by atoms with Gasteiger partial charge in [-0.3, -0.25) is 19.3 Å². The number of nitrogen functional groups attached to an aromatic ring is 1. The second-order valence-electron chi connectivity index (χ2n) is 7.54. The van der Waals surface area contributed by atoms with Gasteiger partial charge in [0.25, 0.3) is 18.7 Å². The molecule has 6 N–H and O–H groups in total. The Morgan fingerprint density at radius 3 is 2.79 bits per heavy atom. The monoisotopic (exact) mass is 584 g/mol. The molecule has 1 saturated heterocycles. The Kier molecular flexibility index (Phi) is 7.95. The summed E-state index contributed by atoms with van der Waals surface area (Å²) in [5.41, 5.74) is 3.88. The highest BCUT2D eigenvalue weighted by Gasteiger charge is 2.54. The van der Waals surface area contributed by atoms with Gasteiger partial charge >= 0.3 is 5.97 Å². The molecule has 4 rings (SSSR count). The molecule has 2 aliphatic heterocycles. The lowest BCUT2D eigenvalue weighted by Crippen LogP contribution is -2.71. The number of hydrogen-bond acceptors (Lipinski definition) is 15. The average Bonchev–Trinajstić information content (AvgIpc) is 3.33. The Hall–Kier alpha value is -4.72. The van der Waals surface area contributed by atoms with Crippen molar-refractivity contribution >= 4 is 58.1 Å². The maximum absolute atomic E-state index is 12.8. The number of aromatic hydroxyl groups is 1.